The van der Waals surface area contributed by atoms with Gasteiger partial charge >= 0.3 is 0 Å². The van der Waals surface area contributed by atoms with Gasteiger partial charge in [0.1, 0.15) is 5.75 Å². The van der Waals surface area contributed by atoms with Crippen LogP contribution in [-0.2, 0) is 11.3 Å². The third kappa shape index (κ3) is 4.54. The highest BCUT2D eigenvalue weighted by molar-refractivity contribution is 5.76. The second-order valence-corrected chi connectivity index (χ2v) is 6.21. The molecule has 1 aromatic carbocycles. The molecule has 0 aliphatic heterocycles. The zero-order chi connectivity index (χ0) is 17.5. The summed E-state index contributed by atoms with van der Waals surface area (Å²) in [5.41, 5.74) is 6.96. The number of amides is 1. The first-order valence-corrected chi connectivity index (χ1v) is 8.40. The number of carbonyl (C=O) groups is 1. The largest absolute Gasteiger partial charge is 0.496 e. The van der Waals surface area contributed by atoms with E-state index in [1.54, 1.807) is 27.4 Å². The molecule has 134 valence electrons. The van der Waals surface area contributed by atoms with E-state index in [2.05, 4.69) is 5.32 Å². The van der Waals surface area contributed by atoms with Crippen LogP contribution >= 0.6 is 0 Å². The van der Waals surface area contributed by atoms with Gasteiger partial charge in [-0.05, 0) is 24.8 Å². The first kappa shape index (κ1) is 18.4. The highest BCUT2D eigenvalue weighted by Crippen LogP contribution is 2.34. The van der Waals surface area contributed by atoms with Gasteiger partial charge in [0.2, 0.25) is 5.91 Å². The van der Waals surface area contributed by atoms with E-state index in [4.69, 9.17) is 19.9 Å². The van der Waals surface area contributed by atoms with Gasteiger partial charge in [0.25, 0.3) is 0 Å². The van der Waals surface area contributed by atoms with Crippen LogP contribution in [-0.4, -0.2) is 33.3 Å². The van der Waals surface area contributed by atoms with E-state index in [9.17, 15) is 4.79 Å². The lowest BCUT2D eigenvalue weighted by atomic mass is 9.83. The summed E-state index contributed by atoms with van der Waals surface area (Å²) in [6.07, 6.45) is 4.86. The van der Waals surface area contributed by atoms with Gasteiger partial charge in [-0.1, -0.05) is 12.8 Å². The van der Waals surface area contributed by atoms with Gasteiger partial charge in [-0.15, -0.1) is 0 Å². The van der Waals surface area contributed by atoms with Crippen molar-refractivity contribution in [1.29, 1.82) is 0 Å². The monoisotopic (exact) mass is 336 g/mol. The molecular weight excluding hydrogens is 308 g/mol. The van der Waals surface area contributed by atoms with Crippen molar-refractivity contribution in [2.75, 3.05) is 21.3 Å². The first-order chi connectivity index (χ1) is 11.6. The summed E-state index contributed by atoms with van der Waals surface area (Å²) in [4.78, 5) is 12.2. The Hall–Kier alpha value is -1.95. The maximum Gasteiger partial charge on any atom is 0.220 e. The third-order valence-electron chi connectivity index (χ3n) is 4.68. The van der Waals surface area contributed by atoms with Crippen molar-refractivity contribution in [3.8, 4) is 17.2 Å². The number of nitrogens with two attached hydrogens (primary N) is 1. The molecule has 1 aliphatic rings. The Kier molecular flexibility index (Phi) is 6.73. The molecule has 1 aliphatic carbocycles. The first-order valence-electron chi connectivity index (χ1n) is 8.40. The molecule has 2 unspecified atom stereocenters. The van der Waals surface area contributed by atoms with Crippen LogP contribution in [0.3, 0.4) is 0 Å². The molecule has 0 aromatic heterocycles. The summed E-state index contributed by atoms with van der Waals surface area (Å²) < 4.78 is 16.0. The predicted molar refractivity (Wildman–Crippen MR) is 92.5 cm³/mol. The van der Waals surface area contributed by atoms with Gasteiger partial charge in [0.05, 0.1) is 21.3 Å². The average Bonchev–Trinajstić information content (AvgIpc) is 2.61. The summed E-state index contributed by atoms with van der Waals surface area (Å²) in [7, 11) is 4.75. The SMILES string of the molecule is COc1cc(OC)c(OC)cc1CNC(=O)CC1CCCCC1N. The average molecular weight is 336 g/mol. The summed E-state index contributed by atoms with van der Waals surface area (Å²) in [6, 6.07) is 3.72. The normalized spacial score (nSPS) is 20.3. The predicted octanol–water partition coefficient (Wildman–Crippen LogP) is 2.24. The maximum atomic E-state index is 12.2. The Morgan fingerprint density at radius 3 is 2.33 bits per heavy atom. The van der Waals surface area contributed by atoms with Gasteiger partial charge in [-0.3, -0.25) is 4.79 Å². The summed E-state index contributed by atoms with van der Waals surface area (Å²) in [5, 5.41) is 2.96. The van der Waals surface area contributed by atoms with E-state index in [0.717, 1.165) is 24.8 Å². The van der Waals surface area contributed by atoms with Crippen molar-refractivity contribution in [2.24, 2.45) is 11.7 Å². The number of benzene rings is 1. The van der Waals surface area contributed by atoms with Crippen LogP contribution in [0.5, 0.6) is 17.2 Å². The molecule has 3 N–H and O–H groups in total. The molecule has 1 amide bonds. The molecule has 0 spiro atoms. The maximum absolute atomic E-state index is 12.2. The van der Waals surface area contributed by atoms with Gasteiger partial charge in [-0.2, -0.15) is 0 Å². The van der Waals surface area contributed by atoms with Crippen molar-refractivity contribution < 1.29 is 19.0 Å². The topological polar surface area (TPSA) is 82.8 Å². The van der Waals surface area contributed by atoms with E-state index in [0.29, 0.717) is 30.2 Å². The smallest absolute Gasteiger partial charge is 0.220 e. The Bertz CT molecular complexity index is 562. The number of carbonyl (C=O) groups excluding carboxylic acids is 1. The van der Waals surface area contributed by atoms with Gasteiger partial charge in [0, 0.05) is 30.6 Å². The lowest BCUT2D eigenvalue weighted by Gasteiger charge is -2.28. The number of rotatable bonds is 7. The Balaban J connectivity index is 1.98. The molecule has 0 heterocycles. The van der Waals surface area contributed by atoms with Gasteiger partial charge in [0.15, 0.2) is 11.5 Å². The number of hydrogen-bond donors (Lipinski definition) is 2. The minimum atomic E-state index is 0.0224. The van der Waals surface area contributed by atoms with Crippen LogP contribution in [0.4, 0.5) is 0 Å². The minimum absolute atomic E-state index is 0.0224. The molecule has 1 aromatic rings. The quantitative estimate of drug-likeness (QED) is 0.798. The number of hydrogen-bond acceptors (Lipinski definition) is 5. The highest BCUT2D eigenvalue weighted by atomic mass is 16.5. The molecule has 0 saturated heterocycles. The Morgan fingerprint density at radius 1 is 1.08 bits per heavy atom. The van der Waals surface area contributed by atoms with Crippen molar-refractivity contribution >= 4 is 5.91 Å². The number of methoxy groups -OCH3 is 3. The Morgan fingerprint density at radius 2 is 1.71 bits per heavy atom. The van der Waals surface area contributed by atoms with E-state index >= 15 is 0 Å². The number of nitrogens with one attached hydrogen (secondary N) is 1. The Labute approximate surface area is 143 Å². The molecule has 6 heteroatoms. The van der Waals surface area contributed by atoms with Crippen LogP contribution in [0, 0.1) is 5.92 Å². The molecule has 24 heavy (non-hydrogen) atoms. The van der Waals surface area contributed by atoms with Crippen molar-refractivity contribution in [3.05, 3.63) is 17.7 Å². The fourth-order valence-corrected chi connectivity index (χ4v) is 3.22. The molecule has 6 nitrogen and oxygen atoms in total. The third-order valence-corrected chi connectivity index (χ3v) is 4.68. The van der Waals surface area contributed by atoms with Crippen molar-refractivity contribution in [2.45, 2.75) is 44.7 Å². The number of ether oxygens (including phenoxy) is 3. The molecule has 2 rings (SSSR count). The molecule has 0 bridgehead atoms. The second kappa shape index (κ2) is 8.78. The lowest BCUT2D eigenvalue weighted by Crippen LogP contribution is -2.37. The van der Waals surface area contributed by atoms with E-state index in [1.165, 1.54) is 6.42 Å². The van der Waals surface area contributed by atoms with Crippen LogP contribution in [0.25, 0.3) is 0 Å². The minimum Gasteiger partial charge on any atom is -0.496 e. The fraction of sp³-hybridized carbons (Fsp3) is 0.611. The fourth-order valence-electron chi connectivity index (χ4n) is 3.22. The zero-order valence-corrected chi connectivity index (χ0v) is 14.8. The van der Waals surface area contributed by atoms with Gasteiger partial charge < -0.3 is 25.3 Å². The summed E-state index contributed by atoms with van der Waals surface area (Å²) >= 11 is 0. The van der Waals surface area contributed by atoms with Crippen LogP contribution in [0.1, 0.15) is 37.7 Å². The summed E-state index contributed by atoms with van der Waals surface area (Å²) in [5.74, 6) is 2.16. The summed E-state index contributed by atoms with van der Waals surface area (Å²) in [6.45, 7) is 0.379. The van der Waals surface area contributed by atoms with Crippen molar-refractivity contribution in [3.63, 3.8) is 0 Å². The lowest BCUT2D eigenvalue weighted by molar-refractivity contribution is -0.122. The molecule has 1 fully saturated rings. The van der Waals surface area contributed by atoms with E-state index in [-0.39, 0.29) is 17.9 Å². The molecule has 2 atom stereocenters. The van der Waals surface area contributed by atoms with E-state index in [1.807, 2.05) is 6.07 Å². The van der Waals surface area contributed by atoms with E-state index < -0.39 is 0 Å². The highest BCUT2D eigenvalue weighted by Gasteiger charge is 2.24. The standard InChI is InChI=1S/C18H28N2O4/c1-22-15-10-17(24-3)16(23-2)8-13(15)11-20-18(21)9-12-6-4-5-7-14(12)19/h8,10,12,14H,4-7,9,11,19H2,1-3H3,(H,20,21). The molecular formula is C18H28N2O4. The van der Waals surface area contributed by atoms with Crippen LogP contribution in [0.15, 0.2) is 12.1 Å². The molecule has 1 saturated carbocycles. The van der Waals surface area contributed by atoms with Gasteiger partial charge in [-0.25, -0.2) is 0 Å². The van der Waals surface area contributed by atoms with Crippen LogP contribution in [0.2, 0.25) is 0 Å². The molecule has 0 radical (unpaired) electrons. The second-order valence-electron chi connectivity index (χ2n) is 6.21. The van der Waals surface area contributed by atoms with Crippen molar-refractivity contribution in [1.82, 2.24) is 5.32 Å². The zero-order valence-electron chi connectivity index (χ0n) is 14.8. The van der Waals surface area contributed by atoms with Crippen LogP contribution < -0.4 is 25.3 Å².